The Bertz CT molecular complexity index is 486. The first-order chi connectivity index (χ1) is 9.56. The van der Waals surface area contributed by atoms with Gasteiger partial charge in [0.05, 0.1) is 12.5 Å². The van der Waals surface area contributed by atoms with Crippen LogP contribution in [-0.4, -0.2) is 28.8 Å². The first-order valence-electron chi connectivity index (χ1n) is 6.73. The molecule has 1 saturated carbocycles. The van der Waals surface area contributed by atoms with E-state index in [1.165, 1.54) is 0 Å². The molecule has 1 heterocycles. The van der Waals surface area contributed by atoms with Crippen molar-refractivity contribution in [2.24, 2.45) is 11.8 Å². The van der Waals surface area contributed by atoms with Gasteiger partial charge in [-0.1, -0.05) is 11.6 Å². The summed E-state index contributed by atoms with van der Waals surface area (Å²) in [5.41, 5.74) is 0.655. The molecular weight excluding hydrogens is 262 g/mol. The number of aryl methyl sites for hydroxylation is 1. The van der Waals surface area contributed by atoms with Crippen molar-refractivity contribution in [1.82, 2.24) is 15.8 Å². The van der Waals surface area contributed by atoms with Crippen LogP contribution in [0.15, 0.2) is 10.6 Å². The molecule has 3 N–H and O–H groups in total. The van der Waals surface area contributed by atoms with Gasteiger partial charge in [0.15, 0.2) is 0 Å². The number of carbonyl (C=O) groups excluding carboxylic acids is 1. The molecule has 2 rings (SSSR count). The van der Waals surface area contributed by atoms with Crippen molar-refractivity contribution in [3.8, 4) is 0 Å². The number of hydrogen-bond donors (Lipinski definition) is 3. The number of nitrogens with one attached hydrogen (secondary N) is 2. The number of carboxylic acid groups (broad SMARTS) is 1. The summed E-state index contributed by atoms with van der Waals surface area (Å²) in [6.45, 7) is 2.46. The first-order valence-corrected chi connectivity index (χ1v) is 6.73. The van der Waals surface area contributed by atoms with Gasteiger partial charge in [0, 0.05) is 12.6 Å². The van der Waals surface area contributed by atoms with Gasteiger partial charge in [-0.15, -0.1) is 0 Å². The Morgan fingerprint density at radius 3 is 2.90 bits per heavy atom. The molecule has 1 fully saturated rings. The van der Waals surface area contributed by atoms with E-state index in [2.05, 4.69) is 15.8 Å². The number of amides is 2. The molecule has 2 amide bonds. The molecule has 0 aromatic carbocycles. The minimum atomic E-state index is -0.771. The zero-order valence-electron chi connectivity index (χ0n) is 11.4. The summed E-state index contributed by atoms with van der Waals surface area (Å²) < 4.78 is 4.89. The first kappa shape index (κ1) is 14.4. The van der Waals surface area contributed by atoms with Crippen LogP contribution in [0.3, 0.4) is 0 Å². The number of nitrogens with zero attached hydrogens (tertiary/aromatic N) is 1. The third-order valence-electron chi connectivity index (χ3n) is 3.61. The zero-order chi connectivity index (χ0) is 14.5. The fraction of sp³-hybridized carbons (Fsp3) is 0.615. The number of hydrogen-bond acceptors (Lipinski definition) is 4. The maximum atomic E-state index is 11.6. The van der Waals surface area contributed by atoms with Gasteiger partial charge in [-0.3, -0.25) is 4.79 Å². The lowest BCUT2D eigenvalue weighted by Gasteiger charge is -2.16. The largest absolute Gasteiger partial charge is 0.481 e. The van der Waals surface area contributed by atoms with Crippen LogP contribution in [0.2, 0.25) is 0 Å². The summed E-state index contributed by atoms with van der Waals surface area (Å²) in [6, 6.07) is 1.43. The molecule has 7 heteroatoms. The van der Waals surface area contributed by atoms with Crippen LogP contribution in [0.25, 0.3) is 0 Å². The lowest BCUT2D eigenvalue weighted by Crippen LogP contribution is -2.39. The van der Waals surface area contributed by atoms with Gasteiger partial charge >= 0.3 is 12.0 Å². The predicted molar refractivity (Wildman–Crippen MR) is 69.9 cm³/mol. The second-order valence-corrected chi connectivity index (χ2v) is 5.13. The van der Waals surface area contributed by atoms with Crippen LogP contribution in [0, 0.1) is 18.8 Å². The monoisotopic (exact) mass is 281 g/mol. The van der Waals surface area contributed by atoms with Gasteiger partial charge in [-0.05, 0) is 25.7 Å². The maximum absolute atomic E-state index is 11.6. The van der Waals surface area contributed by atoms with Gasteiger partial charge in [0.25, 0.3) is 0 Å². The highest BCUT2D eigenvalue weighted by Crippen LogP contribution is 2.31. The minimum absolute atomic E-state index is 0.0209. The number of carbonyl (C=O) groups is 2. The van der Waals surface area contributed by atoms with Crippen molar-refractivity contribution >= 4 is 12.0 Å². The maximum Gasteiger partial charge on any atom is 0.315 e. The smallest absolute Gasteiger partial charge is 0.315 e. The van der Waals surface area contributed by atoms with Crippen molar-refractivity contribution in [2.45, 2.75) is 32.7 Å². The van der Waals surface area contributed by atoms with E-state index < -0.39 is 5.97 Å². The molecule has 1 aliphatic rings. The number of rotatable bonds is 5. The van der Waals surface area contributed by atoms with E-state index >= 15 is 0 Å². The lowest BCUT2D eigenvalue weighted by atomic mass is 9.96. The topological polar surface area (TPSA) is 104 Å². The Morgan fingerprint density at radius 1 is 1.45 bits per heavy atom. The highest BCUT2D eigenvalue weighted by atomic mass is 16.5. The summed E-state index contributed by atoms with van der Waals surface area (Å²) in [7, 11) is 0. The van der Waals surface area contributed by atoms with Crippen molar-refractivity contribution in [2.75, 3.05) is 6.54 Å². The molecule has 0 aliphatic heterocycles. The van der Waals surface area contributed by atoms with E-state index in [1.54, 1.807) is 13.0 Å². The third kappa shape index (κ3) is 3.72. The average molecular weight is 281 g/mol. The van der Waals surface area contributed by atoms with Crippen LogP contribution < -0.4 is 10.6 Å². The normalized spacial score (nSPS) is 21.6. The number of carboxylic acids is 1. The molecule has 0 saturated heterocycles. The van der Waals surface area contributed by atoms with Crippen LogP contribution in [0.1, 0.15) is 30.7 Å². The average Bonchev–Trinajstić information content (AvgIpc) is 3.02. The highest BCUT2D eigenvalue weighted by molar-refractivity contribution is 5.74. The van der Waals surface area contributed by atoms with Crippen molar-refractivity contribution < 1.29 is 19.2 Å². The molecule has 1 aromatic rings. The molecule has 1 aliphatic carbocycles. The van der Waals surface area contributed by atoms with E-state index in [-0.39, 0.29) is 24.4 Å². The van der Waals surface area contributed by atoms with Crippen molar-refractivity contribution in [3.05, 3.63) is 17.5 Å². The molecule has 0 spiro atoms. The summed E-state index contributed by atoms with van der Waals surface area (Å²) in [6.07, 6.45) is 2.45. The molecule has 20 heavy (non-hydrogen) atoms. The summed E-state index contributed by atoms with van der Waals surface area (Å²) in [4.78, 5) is 22.7. The van der Waals surface area contributed by atoms with E-state index in [0.717, 1.165) is 12.8 Å². The Morgan fingerprint density at radius 2 is 2.25 bits per heavy atom. The molecule has 2 atom stereocenters. The molecule has 110 valence electrons. The Labute approximate surface area is 116 Å². The zero-order valence-corrected chi connectivity index (χ0v) is 11.4. The Hall–Kier alpha value is -2.05. The molecule has 2 unspecified atom stereocenters. The Balaban J connectivity index is 1.71. The van der Waals surface area contributed by atoms with Gasteiger partial charge < -0.3 is 20.3 Å². The molecule has 7 nitrogen and oxygen atoms in total. The van der Waals surface area contributed by atoms with Crippen LogP contribution in [0.5, 0.6) is 0 Å². The SMILES string of the molecule is Cc1cc(CNC(=O)NCC2CCCC2C(=O)O)no1. The van der Waals surface area contributed by atoms with E-state index in [0.29, 0.717) is 24.4 Å². The Kier molecular flexibility index (Phi) is 4.60. The van der Waals surface area contributed by atoms with Crippen molar-refractivity contribution in [1.29, 1.82) is 0 Å². The van der Waals surface area contributed by atoms with Gasteiger partial charge in [0.1, 0.15) is 11.5 Å². The van der Waals surface area contributed by atoms with Gasteiger partial charge in [0.2, 0.25) is 0 Å². The quantitative estimate of drug-likeness (QED) is 0.754. The van der Waals surface area contributed by atoms with Crippen LogP contribution in [-0.2, 0) is 11.3 Å². The lowest BCUT2D eigenvalue weighted by molar-refractivity contribution is -0.142. The minimum Gasteiger partial charge on any atom is -0.481 e. The molecule has 0 bridgehead atoms. The van der Waals surface area contributed by atoms with Crippen molar-refractivity contribution in [3.63, 3.8) is 0 Å². The third-order valence-corrected chi connectivity index (χ3v) is 3.61. The second kappa shape index (κ2) is 6.40. The fourth-order valence-electron chi connectivity index (χ4n) is 2.56. The fourth-order valence-corrected chi connectivity index (χ4v) is 2.56. The highest BCUT2D eigenvalue weighted by Gasteiger charge is 2.32. The van der Waals surface area contributed by atoms with Crippen LogP contribution in [0.4, 0.5) is 4.79 Å². The summed E-state index contributed by atoms with van der Waals surface area (Å²) >= 11 is 0. The predicted octanol–water partition coefficient (Wildman–Crippen LogP) is 1.28. The summed E-state index contributed by atoms with van der Waals surface area (Å²) in [5, 5.41) is 18.2. The van der Waals surface area contributed by atoms with E-state index in [9.17, 15) is 9.59 Å². The second-order valence-electron chi connectivity index (χ2n) is 5.13. The number of urea groups is 1. The summed E-state index contributed by atoms with van der Waals surface area (Å²) in [5.74, 6) is -0.397. The van der Waals surface area contributed by atoms with Gasteiger partial charge in [-0.25, -0.2) is 4.79 Å². The molecule has 0 radical (unpaired) electrons. The standard InChI is InChI=1S/C13H19N3O4/c1-8-5-10(16-20-8)7-15-13(19)14-6-9-3-2-4-11(9)12(17)18/h5,9,11H,2-4,6-7H2,1H3,(H,17,18)(H2,14,15,19). The van der Waals surface area contributed by atoms with Crippen LogP contribution >= 0.6 is 0 Å². The van der Waals surface area contributed by atoms with E-state index in [1.807, 2.05) is 0 Å². The number of aliphatic carboxylic acids is 1. The molecule has 1 aromatic heterocycles. The van der Waals surface area contributed by atoms with E-state index in [4.69, 9.17) is 9.63 Å². The number of aromatic nitrogens is 1. The van der Waals surface area contributed by atoms with Gasteiger partial charge in [-0.2, -0.15) is 0 Å². The molecular formula is C13H19N3O4.